The Morgan fingerprint density at radius 3 is 2.77 bits per heavy atom. The second-order valence-corrected chi connectivity index (χ2v) is 4.16. The predicted molar refractivity (Wildman–Crippen MR) is 61.2 cm³/mol. The van der Waals surface area contributed by atoms with Crippen LogP contribution in [0.5, 0.6) is 0 Å². The van der Waals surface area contributed by atoms with E-state index in [0.29, 0.717) is 17.3 Å². The number of hydrogen-bond acceptors (Lipinski definition) is 2. The van der Waals surface area contributed by atoms with Crippen LogP contribution in [0.15, 0.2) is 23.1 Å². The second-order valence-electron chi connectivity index (χ2n) is 2.88. The number of carbonyl (C=O) groups excluding carboxylic acids is 1. The van der Waals surface area contributed by atoms with Crippen molar-refractivity contribution in [2.75, 3.05) is 5.33 Å². The zero-order chi connectivity index (χ0) is 9.84. The first-order valence-corrected chi connectivity index (χ1v) is 5.61. The first kappa shape index (κ1) is 10.8. The Morgan fingerprint density at radius 2 is 2.23 bits per heavy atom. The molecule has 0 aliphatic carbocycles. The van der Waals surface area contributed by atoms with Crippen molar-refractivity contribution in [1.29, 1.82) is 0 Å². The average Bonchev–Trinajstić information content (AvgIpc) is 2.04. The van der Waals surface area contributed by atoms with Gasteiger partial charge in [-0.25, -0.2) is 0 Å². The molecule has 0 saturated carbocycles. The van der Waals surface area contributed by atoms with Crippen LogP contribution < -0.4 is 0 Å². The molecule has 0 fully saturated rings. The van der Waals surface area contributed by atoms with Gasteiger partial charge in [0.1, 0.15) is 0 Å². The number of thiol groups is 1. The summed E-state index contributed by atoms with van der Waals surface area (Å²) in [5.74, 6) is 0.141. The Hall–Kier alpha value is -0.280. The second kappa shape index (κ2) is 4.82. The number of carbonyl (C=O) groups is 1. The Bertz CT molecular complexity index is 323. The summed E-state index contributed by atoms with van der Waals surface area (Å²) >= 11 is 7.50. The first-order valence-electron chi connectivity index (χ1n) is 4.04. The number of aryl methyl sites for hydroxylation is 1. The van der Waals surface area contributed by atoms with Crippen molar-refractivity contribution in [3.63, 3.8) is 0 Å². The fourth-order valence-electron chi connectivity index (χ4n) is 1.10. The van der Waals surface area contributed by atoms with Gasteiger partial charge < -0.3 is 0 Å². The predicted octanol–water partition coefficient (Wildman–Crippen LogP) is 3.25. The van der Waals surface area contributed by atoms with Crippen molar-refractivity contribution in [3.8, 4) is 0 Å². The summed E-state index contributed by atoms with van der Waals surface area (Å²) in [6.07, 6.45) is 0.524. The Kier molecular flexibility index (Phi) is 4.00. The van der Waals surface area contributed by atoms with E-state index in [-0.39, 0.29) is 5.78 Å². The van der Waals surface area contributed by atoms with Gasteiger partial charge in [-0.3, -0.25) is 4.79 Å². The monoisotopic (exact) mass is 258 g/mol. The maximum absolute atomic E-state index is 11.5. The molecule has 0 amide bonds. The minimum Gasteiger partial charge on any atom is -0.294 e. The van der Waals surface area contributed by atoms with E-state index < -0.39 is 0 Å². The van der Waals surface area contributed by atoms with Crippen molar-refractivity contribution in [1.82, 2.24) is 0 Å². The molecule has 0 radical (unpaired) electrons. The summed E-state index contributed by atoms with van der Waals surface area (Å²) in [6.45, 7) is 1.98. The van der Waals surface area contributed by atoms with Gasteiger partial charge in [-0.05, 0) is 18.6 Å². The third-order valence-electron chi connectivity index (χ3n) is 1.78. The smallest absolute Gasteiger partial charge is 0.164 e. The fourth-order valence-corrected chi connectivity index (χ4v) is 1.86. The van der Waals surface area contributed by atoms with Crippen LogP contribution in [-0.2, 0) is 0 Å². The Morgan fingerprint density at radius 1 is 1.54 bits per heavy atom. The Labute approximate surface area is 92.1 Å². The highest BCUT2D eigenvalue weighted by molar-refractivity contribution is 9.09. The third kappa shape index (κ3) is 2.85. The van der Waals surface area contributed by atoms with Gasteiger partial charge in [-0.15, -0.1) is 12.6 Å². The SMILES string of the molecule is Cc1ccc(C(=O)CCBr)c(S)c1. The maximum atomic E-state index is 11.5. The zero-order valence-electron chi connectivity index (χ0n) is 7.38. The summed E-state index contributed by atoms with van der Waals surface area (Å²) < 4.78 is 0. The lowest BCUT2D eigenvalue weighted by Gasteiger charge is -2.03. The highest BCUT2D eigenvalue weighted by Crippen LogP contribution is 2.17. The summed E-state index contributed by atoms with van der Waals surface area (Å²) in [4.78, 5) is 12.3. The molecular formula is C10H11BrOS. The highest BCUT2D eigenvalue weighted by atomic mass is 79.9. The van der Waals surface area contributed by atoms with Gasteiger partial charge in [0.15, 0.2) is 5.78 Å². The van der Waals surface area contributed by atoms with E-state index in [9.17, 15) is 4.79 Å². The molecule has 0 aliphatic rings. The molecule has 0 heterocycles. The van der Waals surface area contributed by atoms with Crippen LogP contribution in [0.4, 0.5) is 0 Å². The molecule has 0 aliphatic heterocycles. The van der Waals surface area contributed by atoms with Crippen molar-refractivity contribution >= 4 is 34.3 Å². The van der Waals surface area contributed by atoms with Crippen LogP contribution >= 0.6 is 28.6 Å². The number of hydrogen-bond donors (Lipinski definition) is 1. The van der Waals surface area contributed by atoms with Crippen LogP contribution in [0.3, 0.4) is 0 Å². The number of halogens is 1. The minimum absolute atomic E-state index is 0.141. The van der Waals surface area contributed by atoms with Crippen LogP contribution in [0, 0.1) is 6.92 Å². The van der Waals surface area contributed by atoms with Gasteiger partial charge >= 0.3 is 0 Å². The number of ketones is 1. The van der Waals surface area contributed by atoms with Crippen molar-refractivity contribution in [2.45, 2.75) is 18.2 Å². The number of Topliss-reactive ketones (excluding diaryl/α,β-unsaturated/α-hetero) is 1. The first-order chi connectivity index (χ1) is 6.15. The summed E-state index contributed by atoms with van der Waals surface area (Å²) in [5.41, 5.74) is 1.84. The number of alkyl halides is 1. The van der Waals surface area contributed by atoms with Crippen molar-refractivity contribution < 1.29 is 4.79 Å². The van der Waals surface area contributed by atoms with Gasteiger partial charge in [0, 0.05) is 22.2 Å². The molecule has 0 atom stereocenters. The van der Waals surface area contributed by atoms with E-state index in [1.807, 2.05) is 25.1 Å². The van der Waals surface area contributed by atoms with Crippen LogP contribution in [-0.4, -0.2) is 11.1 Å². The van der Waals surface area contributed by atoms with Crippen LogP contribution in [0.25, 0.3) is 0 Å². The van der Waals surface area contributed by atoms with Gasteiger partial charge in [-0.1, -0.05) is 28.1 Å². The molecule has 0 aromatic heterocycles. The molecule has 13 heavy (non-hydrogen) atoms. The summed E-state index contributed by atoms with van der Waals surface area (Å²) in [6, 6.07) is 5.68. The molecule has 0 bridgehead atoms. The lowest BCUT2D eigenvalue weighted by atomic mass is 10.1. The zero-order valence-corrected chi connectivity index (χ0v) is 9.86. The molecule has 0 saturated heterocycles. The van der Waals surface area contributed by atoms with E-state index in [1.54, 1.807) is 0 Å². The normalized spacial score (nSPS) is 10.1. The van der Waals surface area contributed by atoms with E-state index in [0.717, 1.165) is 10.5 Å². The van der Waals surface area contributed by atoms with E-state index in [2.05, 4.69) is 28.6 Å². The molecule has 1 nitrogen and oxygen atoms in total. The maximum Gasteiger partial charge on any atom is 0.164 e. The van der Waals surface area contributed by atoms with Gasteiger partial charge in [0.2, 0.25) is 0 Å². The minimum atomic E-state index is 0.141. The fraction of sp³-hybridized carbons (Fsp3) is 0.300. The van der Waals surface area contributed by atoms with Crippen molar-refractivity contribution in [2.24, 2.45) is 0 Å². The molecule has 3 heteroatoms. The number of benzene rings is 1. The molecule has 0 N–H and O–H groups in total. The lowest BCUT2D eigenvalue weighted by Crippen LogP contribution is -2.00. The third-order valence-corrected chi connectivity index (χ3v) is 2.54. The Balaban J connectivity index is 2.95. The highest BCUT2D eigenvalue weighted by Gasteiger charge is 2.07. The summed E-state index contributed by atoms with van der Waals surface area (Å²) in [7, 11) is 0. The molecule has 0 spiro atoms. The van der Waals surface area contributed by atoms with E-state index in [1.165, 1.54) is 0 Å². The molecule has 1 aromatic carbocycles. The van der Waals surface area contributed by atoms with Crippen molar-refractivity contribution in [3.05, 3.63) is 29.3 Å². The van der Waals surface area contributed by atoms with E-state index in [4.69, 9.17) is 0 Å². The molecule has 0 unspecified atom stereocenters. The van der Waals surface area contributed by atoms with E-state index >= 15 is 0 Å². The van der Waals surface area contributed by atoms with Crippen LogP contribution in [0.1, 0.15) is 22.3 Å². The summed E-state index contributed by atoms with van der Waals surface area (Å²) in [5, 5.41) is 0.701. The molecule has 1 rings (SSSR count). The van der Waals surface area contributed by atoms with Crippen LogP contribution in [0.2, 0.25) is 0 Å². The van der Waals surface area contributed by atoms with Gasteiger partial charge in [0.05, 0.1) is 0 Å². The van der Waals surface area contributed by atoms with Gasteiger partial charge in [0.25, 0.3) is 0 Å². The standard InChI is InChI=1S/C10H11BrOS/c1-7-2-3-8(10(13)6-7)9(12)4-5-11/h2-3,6,13H,4-5H2,1H3. The lowest BCUT2D eigenvalue weighted by molar-refractivity contribution is 0.0987. The topological polar surface area (TPSA) is 17.1 Å². The van der Waals surface area contributed by atoms with Gasteiger partial charge in [-0.2, -0.15) is 0 Å². The quantitative estimate of drug-likeness (QED) is 0.501. The average molecular weight is 259 g/mol. The molecule has 1 aromatic rings. The largest absolute Gasteiger partial charge is 0.294 e. The molecule has 70 valence electrons. The molecular weight excluding hydrogens is 248 g/mol. The number of rotatable bonds is 3.